The number of carbonyl (C=O) groups excluding carboxylic acids is 1. The maximum Gasteiger partial charge on any atom is 0.150 e. The number of benzene rings is 1. The zero-order valence-electron chi connectivity index (χ0n) is 10.3. The molecule has 1 heterocycles. The summed E-state index contributed by atoms with van der Waals surface area (Å²) in [4.78, 5) is 13.9. The molecule has 0 radical (unpaired) electrons. The summed E-state index contributed by atoms with van der Waals surface area (Å²) < 4.78 is 13.4. The van der Waals surface area contributed by atoms with E-state index in [2.05, 4.69) is 6.92 Å². The van der Waals surface area contributed by atoms with Crippen LogP contribution in [0.4, 0.5) is 10.1 Å². The molecule has 1 aromatic carbocycles. The molecule has 0 N–H and O–H groups in total. The highest BCUT2D eigenvalue weighted by molar-refractivity contribution is 7.10. The molecule has 1 atom stereocenters. The van der Waals surface area contributed by atoms with Gasteiger partial charge in [-0.2, -0.15) is 0 Å². The van der Waals surface area contributed by atoms with E-state index in [1.165, 1.54) is 17.0 Å². The molecule has 0 saturated heterocycles. The van der Waals surface area contributed by atoms with Crippen molar-refractivity contribution in [2.75, 3.05) is 11.9 Å². The average molecular weight is 263 g/mol. The van der Waals surface area contributed by atoms with E-state index in [9.17, 15) is 9.18 Å². The zero-order chi connectivity index (χ0) is 13.1. The molecule has 94 valence electrons. The molecule has 2 rings (SSSR count). The summed E-state index contributed by atoms with van der Waals surface area (Å²) in [5, 5.41) is 2.02. The quantitative estimate of drug-likeness (QED) is 0.780. The number of hydrogen-bond donors (Lipinski definition) is 0. The van der Waals surface area contributed by atoms with Crippen molar-refractivity contribution in [2.24, 2.45) is 0 Å². The Morgan fingerprint density at radius 2 is 2.17 bits per heavy atom. The third-order valence-electron chi connectivity index (χ3n) is 2.98. The second-order valence-electron chi connectivity index (χ2n) is 4.16. The number of aldehydes is 1. The lowest BCUT2D eigenvalue weighted by Gasteiger charge is -2.26. The minimum atomic E-state index is -0.389. The van der Waals surface area contributed by atoms with E-state index in [0.717, 1.165) is 0 Å². The molecular weight excluding hydrogens is 249 g/mol. The van der Waals surface area contributed by atoms with E-state index in [-0.39, 0.29) is 11.9 Å². The minimum absolute atomic E-state index is 0.145. The van der Waals surface area contributed by atoms with Crippen LogP contribution < -0.4 is 4.90 Å². The number of hydrogen-bond acceptors (Lipinski definition) is 3. The largest absolute Gasteiger partial charge is 0.367 e. The van der Waals surface area contributed by atoms with Gasteiger partial charge in [-0.1, -0.05) is 6.07 Å². The first kappa shape index (κ1) is 12.8. The van der Waals surface area contributed by atoms with Crippen molar-refractivity contribution in [1.29, 1.82) is 0 Å². The van der Waals surface area contributed by atoms with Crippen LogP contribution in [0.15, 0.2) is 35.7 Å². The number of halogens is 1. The Labute approximate surface area is 110 Å². The number of rotatable bonds is 4. The molecule has 0 amide bonds. The van der Waals surface area contributed by atoms with Crippen LogP contribution in [0, 0.1) is 5.82 Å². The second-order valence-corrected chi connectivity index (χ2v) is 5.14. The number of nitrogens with zero attached hydrogens (tertiary/aromatic N) is 1. The lowest BCUT2D eigenvalue weighted by atomic mass is 10.1. The summed E-state index contributed by atoms with van der Waals surface area (Å²) in [5.41, 5.74) is 1.06. The molecule has 0 fully saturated rings. The van der Waals surface area contributed by atoms with Crippen LogP contribution in [-0.4, -0.2) is 13.3 Å². The van der Waals surface area contributed by atoms with Gasteiger partial charge >= 0.3 is 0 Å². The fraction of sp³-hybridized carbons (Fsp3) is 0.214. The van der Waals surface area contributed by atoms with Crippen LogP contribution in [0.25, 0.3) is 0 Å². The zero-order valence-corrected chi connectivity index (χ0v) is 11.1. The molecule has 0 aliphatic rings. The van der Waals surface area contributed by atoms with Gasteiger partial charge in [0.1, 0.15) is 12.1 Å². The summed E-state index contributed by atoms with van der Waals surface area (Å²) in [6.45, 7) is 2.05. The van der Waals surface area contributed by atoms with Crippen LogP contribution in [-0.2, 0) is 0 Å². The van der Waals surface area contributed by atoms with Crippen molar-refractivity contribution in [2.45, 2.75) is 13.0 Å². The van der Waals surface area contributed by atoms with Crippen molar-refractivity contribution >= 4 is 23.3 Å². The Balaban J connectivity index is 2.30. The van der Waals surface area contributed by atoms with Gasteiger partial charge in [0, 0.05) is 23.2 Å². The van der Waals surface area contributed by atoms with Gasteiger partial charge in [-0.05, 0) is 36.6 Å². The third kappa shape index (κ3) is 2.59. The number of anilines is 1. The maximum absolute atomic E-state index is 13.4. The predicted octanol–water partition coefficient (Wildman–Crippen LogP) is 3.90. The summed E-state index contributed by atoms with van der Waals surface area (Å²) in [6.07, 6.45) is 0.663. The smallest absolute Gasteiger partial charge is 0.150 e. The van der Waals surface area contributed by atoms with Gasteiger partial charge in [0.15, 0.2) is 0 Å². The molecule has 0 aliphatic carbocycles. The first-order chi connectivity index (χ1) is 8.61. The normalized spacial score (nSPS) is 12.2. The highest BCUT2D eigenvalue weighted by Gasteiger charge is 2.14. The van der Waals surface area contributed by atoms with Crippen LogP contribution in [0.3, 0.4) is 0 Å². The van der Waals surface area contributed by atoms with Crippen LogP contribution in [0.1, 0.15) is 28.2 Å². The standard InChI is InChI=1S/C14H14FNOS/c1-10(14-4-3-5-18-14)16(2)13-7-11(9-17)6-12(15)8-13/h3-10H,1-2H3. The van der Waals surface area contributed by atoms with E-state index in [0.29, 0.717) is 17.5 Å². The molecule has 0 saturated carbocycles. The van der Waals surface area contributed by atoms with Crippen molar-refractivity contribution in [1.82, 2.24) is 0 Å². The molecule has 4 heteroatoms. The maximum atomic E-state index is 13.4. The molecule has 0 spiro atoms. The lowest BCUT2D eigenvalue weighted by molar-refractivity contribution is 0.112. The lowest BCUT2D eigenvalue weighted by Crippen LogP contribution is -2.21. The van der Waals surface area contributed by atoms with Crippen molar-refractivity contribution in [3.05, 3.63) is 52.0 Å². The Morgan fingerprint density at radius 1 is 1.39 bits per heavy atom. The van der Waals surface area contributed by atoms with E-state index in [4.69, 9.17) is 0 Å². The second kappa shape index (κ2) is 5.31. The van der Waals surface area contributed by atoms with Crippen LogP contribution >= 0.6 is 11.3 Å². The Kier molecular flexibility index (Phi) is 3.77. The Hall–Kier alpha value is -1.68. The third-order valence-corrected chi connectivity index (χ3v) is 4.03. The first-order valence-electron chi connectivity index (χ1n) is 5.64. The van der Waals surface area contributed by atoms with E-state index >= 15 is 0 Å². The summed E-state index contributed by atoms with van der Waals surface area (Å²) >= 11 is 1.66. The van der Waals surface area contributed by atoms with E-state index < -0.39 is 0 Å². The van der Waals surface area contributed by atoms with Gasteiger partial charge in [-0.15, -0.1) is 11.3 Å². The molecule has 0 aliphatic heterocycles. The summed E-state index contributed by atoms with van der Waals surface area (Å²) in [7, 11) is 1.90. The van der Waals surface area contributed by atoms with Gasteiger partial charge in [-0.3, -0.25) is 4.79 Å². The predicted molar refractivity (Wildman–Crippen MR) is 72.9 cm³/mol. The molecule has 1 aromatic heterocycles. The van der Waals surface area contributed by atoms with Crippen LogP contribution in [0.5, 0.6) is 0 Å². The van der Waals surface area contributed by atoms with Gasteiger partial charge in [0.25, 0.3) is 0 Å². The summed E-state index contributed by atoms with van der Waals surface area (Å²) in [5.74, 6) is -0.389. The fourth-order valence-electron chi connectivity index (χ4n) is 1.81. The van der Waals surface area contributed by atoms with Crippen LogP contribution in [0.2, 0.25) is 0 Å². The van der Waals surface area contributed by atoms with Crippen molar-refractivity contribution in [3.8, 4) is 0 Å². The highest BCUT2D eigenvalue weighted by atomic mass is 32.1. The molecule has 1 unspecified atom stereocenters. The first-order valence-corrected chi connectivity index (χ1v) is 6.52. The SMILES string of the molecule is CC(c1cccs1)N(C)c1cc(F)cc(C=O)c1. The number of carbonyl (C=O) groups is 1. The molecule has 18 heavy (non-hydrogen) atoms. The highest BCUT2D eigenvalue weighted by Crippen LogP contribution is 2.28. The monoisotopic (exact) mass is 263 g/mol. The van der Waals surface area contributed by atoms with Gasteiger partial charge in [-0.25, -0.2) is 4.39 Å². The van der Waals surface area contributed by atoms with E-state index in [1.54, 1.807) is 17.4 Å². The van der Waals surface area contributed by atoms with Gasteiger partial charge in [0.2, 0.25) is 0 Å². The minimum Gasteiger partial charge on any atom is -0.367 e. The fourth-order valence-corrected chi connectivity index (χ4v) is 2.64. The Morgan fingerprint density at radius 3 is 2.78 bits per heavy atom. The van der Waals surface area contributed by atoms with Crippen molar-refractivity contribution < 1.29 is 9.18 Å². The van der Waals surface area contributed by atoms with Gasteiger partial charge in [0.05, 0.1) is 6.04 Å². The average Bonchev–Trinajstić information content (AvgIpc) is 2.90. The van der Waals surface area contributed by atoms with Crippen molar-refractivity contribution in [3.63, 3.8) is 0 Å². The Bertz CT molecular complexity index is 539. The van der Waals surface area contributed by atoms with Gasteiger partial charge < -0.3 is 4.90 Å². The molecule has 0 bridgehead atoms. The molecular formula is C14H14FNOS. The molecule has 2 aromatic rings. The van der Waals surface area contributed by atoms with E-state index in [1.807, 2.05) is 29.5 Å². The topological polar surface area (TPSA) is 20.3 Å². The summed E-state index contributed by atoms with van der Waals surface area (Å²) in [6, 6.07) is 8.56. The number of thiophene rings is 1. The molecule has 2 nitrogen and oxygen atoms in total.